The Morgan fingerprint density at radius 3 is 2.10 bits per heavy atom. The molecule has 0 fully saturated rings. The van der Waals surface area contributed by atoms with Crippen molar-refractivity contribution in [2.24, 2.45) is 5.41 Å². The van der Waals surface area contributed by atoms with E-state index in [2.05, 4.69) is 0 Å². The maximum Gasteiger partial charge on any atom is 0.312 e. The van der Waals surface area contributed by atoms with Crippen molar-refractivity contribution in [2.45, 2.75) is 46.6 Å². The fourth-order valence-corrected chi connectivity index (χ4v) is 1.56. The highest BCUT2D eigenvalue weighted by Crippen LogP contribution is 2.31. The van der Waals surface area contributed by atoms with E-state index in [0.29, 0.717) is 6.42 Å². The van der Waals surface area contributed by atoms with Crippen LogP contribution in [0.5, 0.6) is 0 Å². The van der Waals surface area contributed by atoms with Gasteiger partial charge in [0, 0.05) is 12.1 Å². The minimum Gasteiger partial charge on any atom is -0.454 e. The summed E-state index contributed by atoms with van der Waals surface area (Å²) in [5.41, 5.74) is -0.621. The Labute approximate surface area is 119 Å². The number of ether oxygens (including phenoxy) is 1. The van der Waals surface area contributed by atoms with Crippen molar-refractivity contribution in [3.63, 3.8) is 0 Å². The fraction of sp³-hybridized carbons (Fsp3) is 0.533. The average molecular weight is 279 g/mol. The normalized spacial score (nSPS) is 12.1. The molecule has 110 valence electrons. The highest BCUT2D eigenvalue weighted by Gasteiger charge is 2.33. The second-order valence-electron chi connectivity index (χ2n) is 5.94. The molecule has 5 heteroatoms. The molecule has 0 spiro atoms. The molecule has 0 radical (unpaired) electrons. The van der Waals surface area contributed by atoms with Crippen molar-refractivity contribution in [1.82, 2.24) is 0 Å². The molecule has 0 saturated heterocycles. The molecule has 0 bridgehead atoms. The molecule has 0 aliphatic rings. The fourth-order valence-electron chi connectivity index (χ4n) is 1.56. The molecule has 0 saturated carbocycles. The summed E-state index contributed by atoms with van der Waals surface area (Å²) in [6, 6.07) is 6.06. The Morgan fingerprint density at radius 1 is 1.20 bits per heavy atom. The number of carbonyl (C=O) groups is 1. The minimum atomic E-state index is -0.821. The van der Waals surface area contributed by atoms with Crippen molar-refractivity contribution >= 4 is 11.7 Å². The molecular weight excluding hydrogens is 258 g/mol. The molecule has 5 nitrogen and oxygen atoms in total. The lowest BCUT2D eigenvalue weighted by molar-refractivity contribution is -0.384. The standard InChI is InChI=1S/C15H21NO4/c1-6-14(2,3)13(17)20-15(4,5)11-7-9-12(10-8-11)16(18)19/h7-10H,6H2,1-5H3. The SMILES string of the molecule is CCC(C)(C)C(=O)OC(C)(C)c1ccc([N+](=O)[O-])cc1. The Bertz CT molecular complexity index is 503. The zero-order valence-corrected chi connectivity index (χ0v) is 12.6. The van der Waals surface area contributed by atoms with Gasteiger partial charge in [-0.15, -0.1) is 0 Å². The van der Waals surface area contributed by atoms with E-state index in [1.54, 1.807) is 26.0 Å². The van der Waals surface area contributed by atoms with E-state index in [1.807, 2.05) is 20.8 Å². The predicted molar refractivity (Wildman–Crippen MR) is 76.3 cm³/mol. The van der Waals surface area contributed by atoms with Crippen LogP contribution in [0.4, 0.5) is 5.69 Å². The first kappa shape index (κ1) is 16.1. The van der Waals surface area contributed by atoms with Crippen LogP contribution < -0.4 is 0 Å². The third kappa shape index (κ3) is 3.56. The summed E-state index contributed by atoms with van der Waals surface area (Å²) >= 11 is 0. The Kier molecular flexibility index (Phi) is 4.53. The maximum absolute atomic E-state index is 12.1. The van der Waals surface area contributed by atoms with Gasteiger partial charge >= 0.3 is 5.97 Å². The molecule has 0 unspecified atom stereocenters. The zero-order chi connectivity index (χ0) is 15.6. The monoisotopic (exact) mass is 279 g/mol. The lowest BCUT2D eigenvalue weighted by atomic mass is 9.89. The van der Waals surface area contributed by atoms with Crippen LogP contribution in [0.2, 0.25) is 0 Å². The van der Waals surface area contributed by atoms with E-state index in [-0.39, 0.29) is 11.7 Å². The second kappa shape index (κ2) is 5.61. The third-order valence-electron chi connectivity index (χ3n) is 3.56. The van der Waals surface area contributed by atoms with Gasteiger partial charge in [0.2, 0.25) is 0 Å². The Morgan fingerprint density at radius 2 is 1.70 bits per heavy atom. The molecule has 0 aliphatic carbocycles. The summed E-state index contributed by atoms with van der Waals surface area (Å²) in [6.45, 7) is 9.15. The van der Waals surface area contributed by atoms with Crippen LogP contribution in [0.3, 0.4) is 0 Å². The smallest absolute Gasteiger partial charge is 0.312 e. The summed E-state index contributed by atoms with van der Waals surface area (Å²) in [5.74, 6) is -0.275. The number of carbonyl (C=O) groups excluding carboxylic acids is 1. The van der Waals surface area contributed by atoms with Crippen LogP contribution in [0.25, 0.3) is 0 Å². The van der Waals surface area contributed by atoms with Gasteiger partial charge in [0.05, 0.1) is 10.3 Å². The van der Waals surface area contributed by atoms with Gasteiger partial charge in [-0.25, -0.2) is 0 Å². The van der Waals surface area contributed by atoms with Crippen molar-refractivity contribution in [3.8, 4) is 0 Å². The molecular formula is C15H21NO4. The van der Waals surface area contributed by atoms with Crippen LogP contribution in [0.15, 0.2) is 24.3 Å². The summed E-state index contributed by atoms with van der Waals surface area (Å²) < 4.78 is 5.57. The number of rotatable bonds is 5. The third-order valence-corrected chi connectivity index (χ3v) is 3.56. The highest BCUT2D eigenvalue weighted by atomic mass is 16.6. The quantitative estimate of drug-likeness (QED) is 0.467. The van der Waals surface area contributed by atoms with Crippen LogP contribution >= 0.6 is 0 Å². The predicted octanol–water partition coefficient (Wildman–Crippen LogP) is 3.81. The molecule has 0 atom stereocenters. The van der Waals surface area contributed by atoms with Gasteiger partial charge in [-0.3, -0.25) is 14.9 Å². The van der Waals surface area contributed by atoms with Crippen LogP contribution in [0.1, 0.15) is 46.6 Å². The molecule has 0 N–H and O–H groups in total. The Balaban J connectivity index is 2.93. The van der Waals surface area contributed by atoms with Crippen LogP contribution in [-0.2, 0) is 15.1 Å². The molecule has 1 aromatic carbocycles. The van der Waals surface area contributed by atoms with Crippen LogP contribution in [-0.4, -0.2) is 10.9 Å². The number of non-ortho nitro benzene ring substituents is 1. The van der Waals surface area contributed by atoms with Crippen molar-refractivity contribution in [2.75, 3.05) is 0 Å². The van der Waals surface area contributed by atoms with E-state index in [4.69, 9.17) is 4.74 Å². The summed E-state index contributed by atoms with van der Waals surface area (Å²) in [6.07, 6.45) is 0.683. The average Bonchev–Trinajstić information content (AvgIpc) is 2.38. The van der Waals surface area contributed by atoms with Crippen molar-refractivity contribution in [1.29, 1.82) is 0 Å². The number of hydrogen-bond acceptors (Lipinski definition) is 4. The maximum atomic E-state index is 12.1. The van der Waals surface area contributed by atoms with Gasteiger partial charge in [0.25, 0.3) is 5.69 Å². The number of nitrogens with zero attached hydrogens (tertiary/aromatic N) is 1. The van der Waals surface area contributed by atoms with E-state index in [0.717, 1.165) is 5.56 Å². The first-order chi connectivity index (χ1) is 9.10. The van der Waals surface area contributed by atoms with Crippen molar-refractivity contribution in [3.05, 3.63) is 39.9 Å². The minimum absolute atomic E-state index is 0.0183. The Hall–Kier alpha value is -1.91. The highest BCUT2D eigenvalue weighted by molar-refractivity contribution is 5.76. The molecule has 1 aromatic rings. The van der Waals surface area contributed by atoms with E-state index in [9.17, 15) is 14.9 Å². The van der Waals surface area contributed by atoms with Gasteiger partial charge in [-0.1, -0.05) is 6.92 Å². The van der Waals surface area contributed by atoms with Gasteiger partial charge < -0.3 is 4.74 Å². The lowest BCUT2D eigenvalue weighted by Crippen LogP contribution is -2.33. The molecule has 20 heavy (non-hydrogen) atoms. The zero-order valence-electron chi connectivity index (χ0n) is 12.6. The van der Waals surface area contributed by atoms with Gasteiger partial charge in [0.15, 0.2) is 0 Å². The van der Waals surface area contributed by atoms with Crippen molar-refractivity contribution < 1.29 is 14.5 Å². The number of esters is 1. The molecule has 0 amide bonds. The second-order valence-corrected chi connectivity index (χ2v) is 5.94. The lowest BCUT2D eigenvalue weighted by Gasteiger charge is -2.30. The number of nitro benzene ring substituents is 1. The molecule has 1 rings (SSSR count). The number of benzene rings is 1. The van der Waals surface area contributed by atoms with Gasteiger partial charge in [-0.2, -0.15) is 0 Å². The largest absolute Gasteiger partial charge is 0.454 e. The van der Waals surface area contributed by atoms with Gasteiger partial charge in [-0.05, 0) is 51.8 Å². The van der Waals surface area contributed by atoms with Crippen LogP contribution in [0, 0.1) is 15.5 Å². The molecule has 0 aromatic heterocycles. The first-order valence-electron chi connectivity index (χ1n) is 6.58. The van der Waals surface area contributed by atoms with E-state index in [1.165, 1.54) is 12.1 Å². The number of hydrogen-bond donors (Lipinski definition) is 0. The molecule has 0 aliphatic heterocycles. The first-order valence-corrected chi connectivity index (χ1v) is 6.58. The number of nitro groups is 1. The summed E-state index contributed by atoms with van der Waals surface area (Å²) in [5, 5.41) is 10.6. The van der Waals surface area contributed by atoms with E-state index >= 15 is 0 Å². The molecule has 0 heterocycles. The summed E-state index contributed by atoms with van der Waals surface area (Å²) in [4.78, 5) is 22.3. The summed E-state index contributed by atoms with van der Waals surface area (Å²) in [7, 11) is 0. The van der Waals surface area contributed by atoms with Gasteiger partial charge in [0.1, 0.15) is 5.60 Å². The van der Waals surface area contributed by atoms with E-state index < -0.39 is 15.9 Å². The topological polar surface area (TPSA) is 69.4 Å².